The van der Waals surface area contributed by atoms with Crippen LogP contribution in [-0.4, -0.2) is 18.9 Å². The fraction of sp³-hybridized carbons (Fsp3) is 0.417. The van der Waals surface area contributed by atoms with Gasteiger partial charge in [-0.1, -0.05) is 36.4 Å². The summed E-state index contributed by atoms with van der Waals surface area (Å²) >= 11 is 0. The smallest absolute Gasteiger partial charge is 0.337 e. The topological polar surface area (TPSA) is 43.4 Å². The van der Waals surface area contributed by atoms with Crippen LogP contribution in [0, 0.1) is 5.92 Å². The third kappa shape index (κ3) is 3.31. The second-order valence-corrected chi connectivity index (χ2v) is 8.01. The molecule has 2 aromatic rings. The van der Waals surface area contributed by atoms with E-state index in [1.54, 1.807) is 0 Å². The predicted octanol–water partition coefficient (Wildman–Crippen LogP) is 4.66. The van der Waals surface area contributed by atoms with Crippen LogP contribution in [0.15, 0.2) is 48.5 Å². The van der Waals surface area contributed by atoms with Crippen LogP contribution in [0.2, 0.25) is 0 Å². The summed E-state index contributed by atoms with van der Waals surface area (Å²) in [7, 11) is 1.42. The van der Waals surface area contributed by atoms with Crippen molar-refractivity contribution in [3.8, 4) is 0 Å². The number of rotatable bonds is 3. The van der Waals surface area contributed by atoms with Crippen molar-refractivity contribution >= 4 is 11.8 Å². The number of benzene rings is 2. The van der Waals surface area contributed by atoms with Crippen molar-refractivity contribution in [2.24, 2.45) is 5.92 Å². The van der Waals surface area contributed by atoms with E-state index in [0.717, 1.165) is 32.1 Å². The lowest BCUT2D eigenvalue weighted by Gasteiger charge is -2.44. The van der Waals surface area contributed by atoms with Gasteiger partial charge in [-0.15, -0.1) is 0 Å². The molecule has 2 aliphatic rings. The number of esters is 1. The van der Waals surface area contributed by atoms with Gasteiger partial charge in [-0.25, -0.2) is 4.79 Å². The molecule has 0 saturated heterocycles. The van der Waals surface area contributed by atoms with Crippen LogP contribution in [0.1, 0.15) is 59.2 Å². The summed E-state index contributed by atoms with van der Waals surface area (Å²) in [6.07, 6.45) is 6.28. The van der Waals surface area contributed by atoms with E-state index in [0.29, 0.717) is 30.1 Å². The van der Waals surface area contributed by atoms with Gasteiger partial charge in [0.05, 0.1) is 12.7 Å². The first-order valence-electron chi connectivity index (χ1n) is 9.90. The van der Waals surface area contributed by atoms with Crippen molar-refractivity contribution in [1.82, 2.24) is 0 Å². The van der Waals surface area contributed by atoms with Gasteiger partial charge in [-0.2, -0.15) is 0 Å². The molecule has 0 unspecified atom stereocenters. The van der Waals surface area contributed by atoms with E-state index < -0.39 is 0 Å². The summed E-state index contributed by atoms with van der Waals surface area (Å²) in [6, 6.07) is 16.7. The summed E-state index contributed by atoms with van der Waals surface area (Å²) in [5.41, 5.74) is 4.52. The van der Waals surface area contributed by atoms with Crippen molar-refractivity contribution in [1.29, 1.82) is 0 Å². The molecule has 1 saturated carbocycles. The Kier molecular flexibility index (Phi) is 4.86. The van der Waals surface area contributed by atoms with Crippen molar-refractivity contribution in [3.63, 3.8) is 0 Å². The van der Waals surface area contributed by atoms with Gasteiger partial charge in [0.1, 0.15) is 5.78 Å². The fourth-order valence-electron chi connectivity index (χ4n) is 5.23. The lowest BCUT2D eigenvalue weighted by Crippen LogP contribution is -2.42. The molecule has 4 rings (SSSR count). The Morgan fingerprint density at radius 2 is 1.96 bits per heavy atom. The average molecular weight is 362 g/mol. The number of hydrogen-bond acceptors (Lipinski definition) is 3. The molecule has 3 heteroatoms. The van der Waals surface area contributed by atoms with Crippen LogP contribution < -0.4 is 0 Å². The van der Waals surface area contributed by atoms with Crippen LogP contribution in [0.25, 0.3) is 0 Å². The quantitative estimate of drug-likeness (QED) is 0.746. The van der Waals surface area contributed by atoms with E-state index in [-0.39, 0.29) is 11.4 Å². The number of ether oxygens (including phenoxy) is 1. The molecular weight excluding hydrogens is 336 g/mol. The normalized spacial score (nSPS) is 24.5. The first-order valence-corrected chi connectivity index (χ1v) is 9.90. The maximum Gasteiger partial charge on any atom is 0.337 e. The number of ketones is 1. The highest BCUT2D eigenvalue weighted by Gasteiger charge is 2.46. The summed E-state index contributed by atoms with van der Waals surface area (Å²) in [5.74, 6) is 0.497. The molecule has 1 fully saturated rings. The maximum absolute atomic E-state index is 12.3. The molecule has 0 aromatic heterocycles. The number of hydrogen-bond donors (Lipinski definition) is 0. The minimum absolute atomic E-state index is 0.0181. The zero-order valence-electron chi connectivity index (χ0n) is 15.9. The van der Waals surface area contributed by atoms with Crippen molar-refractivity contribution in [2.75, 3.05) is 7.11 Å². The minimum atomic E-state index is -0.283. The highest BCUT2D eigenvalue weighted by Crippen LogP contribution is 2.50. The van der Waals surface area contributed by atoms with Gasteiger partial charge in [-0.3, -0.25) is 4.79 Å². The van der Waals surface area contributed by atoms with Gasteiger partial charge < -0.3 is 4.74 Å². The van der Waals surface area contributed by atoms with E-state index in [1.807, 2.05) is 18.2 Å². The highest BCUT2D eigenvalue weighted by molar-refractivity contribution is 5.89. The van der Waals surface area contributed by atoms with Crippen molar-refractivity contribution in [2.45, 2.75) is 50.4 Å². The number of carbonyl (C=O) groups is 2. The van der Waals surface area contributed by atoms with Crippen molar-refractivity contribution < 1.29 is 14.3 Å². The second-order valence-electron chi connectivity index (χ2n) is 8.01. The molecule has 0 N–H and O–H groups in total. The number of carbonyl (C=O) groups excluding carboxylic acids is 2. The molecule has 3 nitrogen and oxygen atoms in total. The molecule has 0 radical (unpaired) electrons. The molecule has 2 atom stereocenters. The number of Topliss-reactive ketones (excluding diaryl/α,β-unsaturated/α-hetero) is 1. The zero-order chi connectivity index (χ0) is 18.9. The molecule has 0 bridgehead atoms. The molecule has 27 heavy (non-hydrogen) atoms. The summed E-state index contributed by atoms with van der Waals surface area (Å²) < 4.78 is 4.92. The maximum atomic E-state index is 12.3. The van der Waals surface area contributed by atoms with Gasteiger partial charge in [0, 0.05) is 18.3 Å². The molecule has 2 aliphatic carbocycles. The van der Waals surface area contributed by atoms with Crippen LogP contribution in [-0.2, 0) is 27.8 Å². The van der Waals surface area contributed by atoms with E-state index in [2.05, 4.69) is 30.3 Å². The lowest BCUT2D eigenvalue weighted by molar-refractivity contribution is -0.123. The monoisotopic (exact) mass is 362 g/mol. The molecule has 0 spiro atoms. The highest BCUT2D eigenvalue weighted by atomic mass is 16.5. The Morgan fingerprint density at radius 1 is 1.15 bits per heavy atom. The number of methoxy groups -OCH3 is 1. The predicted molar refractivity (Wildman–Crippen MR) is 105 cm³/mol. The molecular formula is C24H26O3. The van der Waals surface area contributed by atoms with E-state index in [1.165, 1.54) is 23.8 Å². The summed E-state index contributed by atoms with van der Waals surface area (Å²) in [6.45, 7) is 0. The Bertz CT molecular complexity index is 855. The number of fused-ring (bicyclic) bond motifs is 3. The molecule has 0 aliphatic heterocycles. The molecule has 0 heterocycles. The van der Waals surface area contributed by atoms with E-state index >= 15 is 0 Å². The molecule has 0 amide bonds. The SMILES string of the molecule is COC(=O)c1ccc2c(c1)CCC[C@H]1CC(=O)CC[C@@]21Cc1ccccc1. The Hall–Kier alpha value is -2.42. The van der Waals surface area contributed by atoms with Crippen molar-refractivity contribution in [3.05, 3.63) is 70.8 Å². The van der Waals surface area contributed by atoms with Gasteiger partial charge in [-0.05, 0) is 66.8 Å². The summed E-state index contributed by atoms with van der Waals surface area (Å²) in [4.78, 5) is 24.3. The third-order valence-electron chi connectivity index (χ3n) is 6.53. The van der Waals surface area contributed by atoms with Gasteiger partial charge in [0.2, 0.25) is 0 Å². The van der Waals surface area contributed by atoms with Gasteiger partial charge in [0.15, 0.2) is 0 Å². The Balaban J connectivity index is 1.82. The third-order valence-corrected chi connectivity index (χ3v) is 6.53. The van der Waals surface area contributed by atoms with Gasteiger partial charge >= 0.3 is 5.97 Å². The standard InChI is InChI=1S/C24H26O3/c1-27-23(26)19-10-11-22-18(14-19)8-5-9-20-15-21(25)12-13-24(20,22)16-17-6-3-2-4-7-17/h2-4,6-7,10-11,14,20H,5,8-9,12-13,15-16H2,1H3/t20-,24-/m0/s1. The molecule has 140 valence electrons. The largest absolute Gasteiger partial charge is 0.465 e. The molecule has 2 aromatic carbocycles. The first kappa shape index (κ1) is 18.0. The minimum Gasteiger partial charge on any atom is -0.465 e. The second kappa shape index (κ2) is 7.30. The van der Waals surface area contributed by atoms with Crippen LogP contribution in [0.3, 0.4) is 0 Å². The lowest BCUT2D eigenvalue weighted by atomic mass is 9.59. The van der Waals surface area contributed by atoms with Gasteiger partial charge in [0.25, 0.3) is 0 Å². The zero-order valence-corrected chi connectivity index (χ0v) is 15.9. The Labute approximate surface area is 160 Å². The fourth-order valence-corrected chi connectivity index (χ4v) is 5.23. The van der Waals surface area contributed by atoms with E-state index in [9.17, 15) is 9.59 Å². The summed E-state index contributed by atoms with van der Waals surface area (Å²) in [5, 5.41) is 0. The Morgan fingerprint density at radius 3 is 2.74 bits per heavy atom. The van der Waals surface area contributed by atoms with Crippen LogP contribution in [0.5, 0.6) is 0 Å². The number of aryl methyl sites for hydroxylation is 1. The van der Waals surface area contributed by atoms with Crippen LogP contribution >= 0.6 is 0 Å². The average Bonchev–Trinajstić information content (AvgIpc) is 2.84. The van der Waals surface area contributed by atoms with E-state index in [4.69, 9.17) is 4.74 Å². The first-order chi connectivity index (χ1) is 13.1. The van der Waals surface area contributed by atoms with Crippen LogP contribution in [0.4, 0.5) is 0 Å².